The van der Waals surface area contributed by atoms with Gasteiger partial charge >= 0.3 is 0 Å². The summed E-state index contributed by atoms with van der Waals surface area (Å²) in [5.41, 5.74) is 6.28. The van der Waals surface area contributed by atoms with Gasteiger partial charge in [-0.2, -0.15) is 0 Å². The van der Waals surface area contributed by atoms with Gasteiger partial charge in [0.05, 0.1) is 8.81 Å². The molecular weight excluding hydrogens is 294 g/mol. The minimum absolute atomic E-state index is 0.180. The van der Waals surface area contributed by atoms with Crippen molar-refractivity contribution in [1.29, 1.82) is 0 Å². The van der Waals surface area contributed by atoms with Crippen molar-refractivity contribution in [2.24, 2.45) is 11.7 Å². The molecule has 0 spiro atoms. The van der Waals surface area contributed by atoms with E-state index in [1.807, 2.05) is 6.07 Å². The Morgan fingerprint density at radius 2 is 2.07 bits per heavy atom. The average Bonchev–Trinajstić information content (AvgIpc) is 2.59. The number of rotatable bonds is 2. The van der Waals surface area contributed by atoms with Gasteiger partial charge in [0, 0.05) is 10.9 Å². The molecule has 4 heteroatoms. The molecule has 1 aromatic heterocycles. The van der Waals surface area contributed by atoms with Crippen molar-refractivity contribution in [3.8, 4) is 0 Å². The van der Waals surface area contributed by atoms with Crippen LogP contribution in [0.1, 0.15) is 43.0 Å². The molecule has 0 aromatic carbocycles. The van der Waals surface area contributed by atoms with E-state index in [9.17, 15) is 0 Å². The van der Waals surface area contributed by atoms with E-state index in [0.29, 0.717) is 5.92 Å². The highest BCUT2D eigenvalue weighted by Gasteiger charge is 2.23. The van der Waals surface area contributed by atoms with Crippen LogP contribution < -0.4 is 5.73 Å². The Balaban J connectivity index is 2.08. The van der Waals surface area contributed by atoms with E-state index in [1.54, 1.807) is 11.3 Å². The standard InChI is InChI=1S/C11H15BrClNS/c12-11-8(13)6-9(15-11)10(14)7-4-2-1-3-5-7/h6-7,10H,1-5,14H2. The Morgan fingerprint density at radius 3 is 2.60 bits per heavy atom. The molecule has 1 aromatic rings. The Hall–Kier alpha value is 0.430. The number of hydrogen-bond acceptors (Lipinski definition) is 2. The van der Waals surface area contributed by atoms with Gasteiger partial charge in [0.15, 0.2) is 0 Å². The molecule has 1 aliphatic rings. The molecule has 0 radical (unpaired) electrons. The van der Waals surface area contributed by atoms with Crippen molar-refractivity contribution >= 4 is 38.9 Å². The molecule has 0 bridgehead atoms. The van der Waals surface area contributed by atoms with Crippen molar-refractivity contribution < 1.29 is 0 Å². The Bertz CT molecular complexity index is 314. The molecule has 1 atom stereocenters. The first-order valence-electron chi connectivity index (χ1n) is 5.39. The SMILES string of the molecule is NC(c1cc(Cl)c(Br)s1)C1CCCCC1. The molecule has 1 heterocycles. The van der Waals surface area contributed by atoms with Crippen molar-refractivity contribution in [1.82, 2.24) is 0 Å². The predicted molar refractivity (Wildman–Crippen MR) is 70.5 cm³/mol. The third kappa shape index (κ3) is 2.76. The average molecular weight is 309 g/mol. The van der Waals surface area contributed by atoms with Crippen molar-refractivity contribution in [2.45, 2.75) is 38.1 Å². The molecule has 1 saturated carbocycles. The third-order valence-corrected chi connectivity index (χ3v) is 5.73. The van der Waals surface area contributed by atoms with Gasteiger partial charge in [0.2, 0.25) is 0 Å². The van der Waals surface area contributed by atoms with Crippen LogP contribution in [0.3, 0.4) is 0 Å². The highest BCUT2D eigenvalue weighted by Crippen LogP contribution is 2.40. The summed E-state index contributed by atoms with van der Waals surface area (Å²) in [7, 11) is 0. The summed E-state index contributed by atoms with van der Waals surface area (Å²) in [6.45, 7) is 0. The van der Waals surface area contributed by atoms with Gasteiger partial charge in [0.25, 0.3) is 0 Å². The zero-order chi connectivity index (χ0) is 10.8. The van der Waals surface area contributed by atoms with Crippen molar-refractivity contribution in [3.63, 3.8) is 0 Å². The van der Waals surface area contributed by atoms with Crippen molar-refractivity contribution in [2.75, 3.05) is 0 Å². The summed E-state index contributed by atoms with van der Waals surface area (Å²) < 4.78 is 1.01. The maximum atomic E-state index is 6.28. The zero-order valence-electron chi connectivity index (χ0n) is 8.51. The van der Waals surface area contributed by atoms with Crippen LogP contribution in [0.25, 0.3) is 0 Å². The summed E-state index contributed by atoms with van der Waals surface area (Å²) in [6, 6.07) is 2.19. The fraction of sp³-hybridized carbons (Fsp3) is 0.636. The highest BCUT2D eigenvalue weighted by molar-refractivity contribution is 9.11. The van der Waals surface area contributed by atoms with E-state index in [2.05, 4.69) is 15.9 Å². The molecule has 1 fully saturated rings. The summed E-state index contributed by atoms with van der Waals surface area (Å²) in [4.78, 5) is 1.22. The second-order valence-electron chi connectivity index (χ2n) is 4.19. The molecule has 1 unspecified atom stereocenters. The molecule has 15 heavy (non-hydrogen) atoms. The largest absolute Gasteiger partial charge is 0.323 e. The lowest BCUT2D eigenvalue weighted by Gasteiger charge is -2.26. The van der Waals surface area contributed by atoms with Crippen LogP contribution in [0.4, 0.5) is 0 Å². The maximum absolute atomic E-state index is 6.28. The first-order valence-corrected chi connectivity index (χ1v) is 7.37. The lowest BCUT2D eigenvalue weighted by molar-refractivity contribution is 0.311. The van der Waals surface area contributed by atoms with Gasteiger partial charge in [0.1, 0.15) is 0 Å². The van der Waals surface area contributed by atoms with E-state index in [-0.39, 0.29) is 6.04 Å². The zero-order valence-corrected chi connectivity index (χ0v) is 11.7. The van der Waals surface area contributed by atoms with E-state index in [1.165, 1.54) is 37.0 Å². The number of thiophene rings is 1. The van der Waals surface area contributed by atoms with E-state index in [0.717, 1.165) is 8.81 Å². The Kier molecular flexibility index (Phi) is 4.10. The maximum Gasteiger partial charge on any atom is 0.0887 e. The molecule has 1 nitrogen and oxygen atoms in total. The fourth-order valence-corrected chi connectivity index (χ4v) is 4.10. The topological polar surface area (TPSA) is 26.0 Å². The molecular formula is C11H15BrClNS. The Morgan fingerprint density at radius 1 is 1.40 bits per heavy atom. The van der Waals surface area contributed by atoms with Gasteiger partial charge in [-0.05, 0) is 40.8 Å². The summed E-state index contributed by atoms with van der Waals surface area (Å²) in [5.74, 6) is 0.653. The number of nitrogens with two attached hydrogens (primary N) is 1. The predicted octanol–water partition coefficient (Wildman–Crippen LogP) is 4.74. The summed E-state index contributed by atoms with van der Waals surface area (Å²) >= 11 is 11.1. The smallest absolute Gasteiger partial charge is 0.0887 e. The molecule has 0 amide bonds. The summed E-state index contributed by atoms with van der Waals surface area (Å²) in [6.07, 6.45) is 6.58. The molecule has 84 valence electrons. The van der Waals surface area contributed by atoms with Crippen LogP contribution in [-0.2, 0) is 0 Å². The monoisotopic (exact) mass is 307 g/mol. The second kappa shape index (κ2) is 5.17. The van der Waals surface area contributed by atoms with Crippen LogP contribution in [0.2, 0.25) is 5.02 Å². The second-order valence-corrected chi connectivity index (χ2v) is 7.00. The first kappa shape index (κ1) is 11.9. The third-order valence-electron chi connectivity index (χ3n) is 3.15. The van der Waals surface area contributed by atoms with E-state index >= 15 is 0 Å². The van der Waals surface area contributed by atoms with E-state index in [4.69, 9.17) is 17.3 Å². The first-order chi connectivity index (χ1) is 7.18. The minimum Gasteiger partial charge on any atom is -0.323 e. The molecule has 2 N–H and O–H groups in total. The number of hydrogen-bond donors (Lipinski definition) is 1. The lowest BCUT2D eigenvalue weighted by Crippen LogP contribution is -2.22. The van der Waals surface area contributed by atoms with Gasteiger partial charge in [-0.3, -0.25) is 0 Å². The van der Waals surface area contributed by atoms with Crippen LogP contribution in [0.15, 0.2) is 9.85 Å². The molecule has 0 saturated heterocycles. The van der Waals surface area contributed by atoms with E-state index < -0.39 is 0 Å². The lowest BCUT2D eigenvalue weighted by atomic mass is 9.84. The summed E-state index contributed by atoms with van der Waals surface area (Å²) in [5, 5.41) is 0.793. The number of halogens is 2. The van der Waals surface area contributed by atoms with Gasteiger partial charge in [-0.15, -0.1) is 11.3 Å². The van der Waals surface area contributed by atoms with Crippen LogP contribution in [0.5, 0.6) is 0 Å². The highest BCUT2D eigenvalue weighted by atomic mass is 79.9. The molecule has 2 rings (SSSR count). The quantitative estimate of drug-likeness (QED) is 0.838. The van der Waals surface area contributed by atoms with Crippen LogP contribution in [0, 0.1) is 5.92 Å². The van der Waals surface area contributed by atoms with Gasteiger partial charge in [-0.1, -0.05) is 30.9 Å². The minimum atomic E-state index is 0.180. The Labute approximate surface area is 108 Å². The van der Waals surface area contributed by atoms with Gasteiger partial charge < -0.3 is 5.73 Å². The fourth-order valence-electron chi connectivity index (χ4n) is 2.25. The normalized spacial score (nSPS) is 20.5. The molecule has 1 aliphatic carbocycles. The van der Waals surface area contributed by atoms with Crippen LogP contribution >= 0.6 is 38.9 Å². The van der Waals surface area contributed by atoms with Crippen LogP contribution in [-0.4, -0.2) is 0 Å². The van der Waals surface area contributed by atoms with Gasteiger partial charge in [-0.25, -0.2) is 0 Å². The van der Waals surface area contributed by atoms with Crippen molar-refractivity contribution in [3.05, 3.63) is 19.8 Å². The molecule has 0 aliphatic heterocycles.